The smallest absolute Gasteiger partial charge is 0.259 e. The van der Waals surface area contributed by atoms with Crippen molar-refractivity contribution >= 4 is 67.5 Å². The van der Waals surface area contributed by atoms with E-state index >= 15 is 0 Å². The molecule has 58 heavy (non-hydrogen) atoms. The molecule has 0 spiro atoms. The van der Waals surface area contributed by atoms with E-state index < -0.39 is 11.8 Å². The minimum atomic E-state index is -0.460. The average Bonchev–Trinajstić information content (AvgIpc) is 3.24. The van der Waals surface area contributed by atoms with Crippen LogP contribution in [0.3, 0.4) is 0 Å². The van der Waals surface area contributed by atoms with Crippen molar-refractivity contribution in [3.63, 3.8) is 0 Å². The summed E-state index contributed by atoms with van der Waals surface area (Å²) in [5.74, 6) is -1.44. The van der Waals surface area contributed by atoms with Crippen molar-refractivity contribution in [2.24, 2.45) is 20.5 Å². The Morgan fingerprint density at radius 3 is 1.22 bits per heavy atom. The maximum absolute atomic E-state index is 13.2. The third-order valence-corrected chi connectivity index (χ3v) is 9.79. The number of anilines is 2. The molecule has 0 atom stereocenters. The quantitative estimate of drug-likeness (QED) is 0.108. The molecule has 0 aliphatic carbocycles. The van der Waals surface area contributed by atoms with Gasteiger partial charge in [0.05, 0.1) is 22.5 Å². The van der Waals surface area contributed by atoms with Crippen LogP contribution in [0.1, 0.15) is 31.8 Å². The van der Waals surface area contributed by atoms with Crippen LogP contribution >= 0.6 is 0 Å². The number of rotatable bonds is 9. The Morgan fingerprint density at radius 2 is 0.828 bits per heavy atom. The first kappa shape index (κ1) is 37.0. The summed E-state index contributed by atoms with van der Waals surface area (Å²) >= 11 is 0. The second-order valence-corrected chi connectivity index (χ2v) is 13.7. The molecule has 2 amide bonds. The number of nitrogens with zero attached hydrogens (tertiary/aromatic N) is 4. The molecule has 0 aromatic heterocycles. The standard InChI is InChI=1S/C48H36N6O4/c1-29-25-31(21-23-41(29)51-53-43-37-19-11-9-13-33(37)27-39(45(43)55)47(57)49-35-15-5-3-6-16-35)32-22-24-42(30(2)26-32)52-54-44-38-20-12-10-14-34(38)28-40(46(44)56)48(58)50-36-17-7-4-8-18-36/h3-28,55-56H,1-2H3,(H,49,57)(H,50,58). The van der Waals surface area contributed by atoms with Crippen LogP contribution in [0.15, 0.2) is 178 Å². The molecular weight excluding hydrogens is 725 g/mol. The van der Waals surface area contributed by atoms with E-state index in [1.54, 1.807) is 36.4 Å². The molecule has 8 aromatic carbocycles. The number of carbonyl (C=O) groups is 2. The zero-order valence-corrected chi connectivity index (χ0v) is 31.5. The molecule has 0 saturated carbocycles. The number of fused-ring (bicyclic) bond motifs is 2. The summed E-state index contributed by atoms with van der Waals surface area (Å²) in [5.41, 5.74) is 6.57. The number of phenolic OH excluding ortho intramolecular Hbond substituents is 2. The van der Waals surface area contributed by atoms with E-state index in [0.29, 0.717) is 33.5 Å². The molecule has 0 heterocycles. The van der Waals surface area contributed by atoms with Gasteiger partial charge in [-0.1, -0.05) is 97.1 Å². The number of carbonyl (C=O) groups excluding carboxylic acids is 2. The molecule has 0 saturated heterocycles. The number of para-hydroxylation sites is 2. The van der Waals surface area contributed by atoms with E-state index in [-0.39, 0.29) is 34.0 Å². The number of amides is 2. The SMILES string of the molecule is Cc1cc(-c2ccc(N=Nc3c(O)c(C(=O)Nc4ccccc4)cc4ccccc34)c(C)c2)ccc1N=Nc1c(O)c(C(=O)Nc2ccccc2)cc2ccccc12. The van der Waals surface area contributed by atoms with Gasteiger partial charge >= 0.3 is 0 Å². The van der Waals surface area contributed by atoms with Gasteiger partial charge in [-0.15, -0.1) is 10.2 Å². The molecule has 4 N–H and O–H groups in total. The monoisotopic (exact) mass is 760 g/mol. The van der Waals surface area contributed by atoms with Crippen molar-refractivity contribution in [2.45, 2.75) is 13.8 Å². The van der Waals surface area contributed by atoms with Gasteiger partial charge in [0, 0.05) is 22.1 Å². The lowest BCUT2D eigenvalue weighted by molar-refractivity contribution is 0.101. The lowest BCUT2D eigenvalue weighted by Gasteiger charge is -2.12. The predicted molar refractivity (Wildman–Crippen MR) is 230 cm³/mol. The Balaban J connectivity index is 1.05. The van der Waals surface area contributed by atoms with Gasteiger partial charge in [-0.25, -0.2) is 0 Å². The molecule has 0 aliphatic heterocycles. The van der Waals surface area contributed by atoms with Gasteiger partial charge in [0.1, 0.15) is 11.4 Å². The summed E-state index contributed by atoms with van der Waals surface area (Å²) in [5, 5.41) is 49.1. The fourth-order valence-electron chi connectivity index (χ4n) is 6.73. The highest BCUT2D eigenvalue weighted by Gasteiger charge is 2.20. The largest absolute Gasteiger partial charge is 0.505 e. The summed E-state index contributed by atoms with van der Waals surface area (Å²) in [4.78, 5) is 26.5. The maximum atomic E-state index is 13.2. The molecule has 8 aromatic rings. The van der Waals surface area contributed by atoms with Crippen molar-refractivity contribution in [3.05, 3.63) is 180 Å². The van der Waals surface area contributed by atoms with Crippen LogP contribution in [0.4, 0.5) is 34.1 Å². The van der Waals surface area contributed by atoms with E-state index in [0.717, 1.165) is 33.0 Å². The highest BCUT2D eigenvalue weighted by atomic mass is 16.3. The minimum absolute atomic E-state index is 0.0897. The lowest BCUT2D eigenvalue weighted by atomic mass is 10.00. The topological polar surface area (TPSA) is 148 Å². The molecule has 10 heteroatoms. The fraction of sp³-hybridized carbons (Fsp3) is 0.0417. The summed E-state index contributed by atoms with van der Waals surface area (Å²) in [6.07, 6.45) is 0. The first-order valence-electron chi connectivity index (χ1n) is 18.5. The maximum Gasteiger partial charge on any atom is 0.259 e. The Labute approximate surface area is 333 Å². The molecule has 0 bridgehead atoms. The van der Waals surface area contributed by atoms with Gasteiger partial charge in [0.15, 0.2) is 11.5 Å². The number of hydrogen-bond acceptors (Lipinski definition) is 8. The first-order valence-corrected chi connectivity index (χ1v) is 18.5. The van der Waals surface area contributed by atoms with Gasteiger partial charge < -0.3 is 20.8 Å². The number of nitrogens with one attached hydrogen (secondary N) is 2. The molecular formula is C48H36N6O4. The van der Waals surface area contributed by atoms with E-state index in [1.807, 2.05) is 135 Å². The number of benzene rings is 8. The number of aromatic hydroxyl groups is 2. The van der Waals surface area contributed by atoms with E-state index in [2.05, 4.69) is 31.1 Å². The van der Waals surface area contributed by atoms with E-state index in [4.69, 9.17) is 0 Å². The van der Waals surface area contributed by atoms with Crippen LogP contribution < -0.4 is 10.6 Å². The van der Waals surface area contributed by atoms with Gasteiger partial charge in [0.25, 0.3) is 11.8 Å². The zero-order valence-electron chi connectivity index (χ0n) is 31.5. The van der Waals surface area contributed by atoms with Gasteiger partial charge in [0.2, 0.25) is 0 Å². The molecule has 282 valence electrons. The Bertz CT molecular complexity index is 2730. The number of azo groups is 2. The highest BCUT2D eigenvalue weighted by Crippen LogP contribution is 2.42. The van der Waals surface area contributed by atoms with Crippen molar-refractivity contribution in [1.82, 2.24) is 0 Å². The van der Waals surface area contributed by atoms with Crippen molar-refractivity contribution < 1.29 is 19.8 Å². The molecule has 8 rings (SSSR count). The summed E-state index contributed by atoms with van der Waals surface area (Å²) in [6.45, 7) is 3.86. The molecule has 0 fully saturated rings. The van der Waals surface area contributed by atoms with Gasteiger partial charge in [-0.2, -0.15) is 10.2 Å². The number of phenols is 2. The number of hydrogen-bond donors (Lipinski definition) is 4. The van der Waals surface area contributed by atoms with E-state index in [1.165, 1.54) is 0 Å². The second-order valence-electron chi connectivity index (χ2n) is 13.7. The van der Waals surface area contributed by atoms with Crippen LogP contribution in [-0.4, -0.2) is 22.0 Å². The van der Waals surface area contributed by atoms with Crippen LogP contribution in [-0.2, 0) is 0 Å². The lowest BCUT2D eigenvalue weighted by Crippen LogP contribution is -2.12. The normalized spacial score (nSPS) is 11.4. The van der Waals surface area contributed by atoms with Crippen LogP contribution in [0.2, 0.25) is 0 Å². The van der Waals surface area contributed by atoms with Crippen LogP contribution in [0, 0.1) is 13.8 Å². The summed E-state index contributed by atoms with van der Waals surface area (Å²) < 4.78 is 0. The Kier molecular flexibility index (Phi) is 10.2. The second kappa shape index (κ2) is 16.0. The van der Waals surface area contributed by atoms with Crippen LogP contribution in [0.25, 0.3) is 32.7 Å². The van der Waals surface area contributed by atoms with Crippen LogP contribution in [0.5, 0.6) is 11.5 Å². The average molecular weight is 761 g/mol. The highest BCUT2D eigenvalue weighted by molar-refractivity contribution is 6.12. The van der Waals surface area contributed by atoms with Crippen molar-refractivity contribution in [3.8, 4) is 22.6 Å². The third-order valence-electron chi connectivity index (χ3n) is 9.79. The third kappa shape index (κ3) is 7.62. The summed E-state index contributed by atoms with van der Waals surface area (Å²) in [7, 11) is 0. The van der Waals surface area contributed by atoms with Crippen molar-refractivity contribution in [1.29, 1.82) is 0 Å². The Hall–Kier alpha value is -7.98. The zero-order chi connectivity index (χ0) is 40.2. The van der Waals surface area contributed by atoms with Crippen molar-refractivity contribution in [2.75, 3.05) is 10.6 Å². The fourth-order valence-corrected chi connectivity index (χ4v) is 6.73. The number of aryl methyl sites for hydroxylation is 2. The molecule has 0 unspecified atom stereocenters. The Morgan fingerprint density at radius 1 is 0.448 bits per heavy atom. The van der Waals surface area contributed by atoms with E-state index in [9.17, 15) is 19.8 Å². The minimum Gasteiger partial charge on any atom is -0.505 e. The van der Waals surface area contributed by atoms with Gasteiger partial charge in [-0.05, 0) is 108 Å². The van der Waals surface area contributed by atoms with Gasteiger partial charge in [-0.3, -0.25) is 9.59 Å². The predicted octanol–water partition coefficient (Wildman–Crippen LogP) is 13.0. The molecule has 10 nitrogen and oxygen atoms in total. The molecule has 0 aliphatic rings. The summed E-state index contributed by atoms with van der Waals surface area (Å²) in [6, 6.07) is 47.8. The molecule has 0 radical (unpaired) electrons. The first-order chi connectivity index (χ1) is 28.2.